The summed E-state index contributed by atoms with van der Waals surface area (Å²) in [5.41, 5.74) is 0.911. The molecule has 0 aliphatic rings. The molecule has 0 bridgehead atoms. The lowest BCUT2D eigenvalue weighted by Crippen LogP contribution is -2.36. The summed E-state index contributed by atoms with van der Waals surface area (Å²) < 4.78 is 66.1. The third-order valence-electron chi connectivity index (χ3n) is 4.10. The highest BCUT2D eigenvalue weighted by Crippen LogP contribution is 2.26. The van der Waals surface area contributed by atoms with Crippen molar-refractivity contribution in [2.45, 2.75) is 31.7 Å². The first-order chi connectivity index (χ1) is 12.4. The second-order valence-corrected chi connectivity index (χ2v) is 11.7. The fraction of sp³-hybridized carbons (Fsp3) is 0.412. The zero-order valence-electron chi connectivity index (χ0n) is 15.6. The zero-order valence-corrected chi connectivity index (χ0v) is 18.0. The minimum Gasteiger partial charge on any atom is -0.212 e. The molecular weight excluding hydrogens is 411 g/mol. The molecule has 0 aliphatic carbocycles. The number of nitrogens with one attached hydrogen (secondary N) is 1. The van der Waals surface area contributed by atoms with Crippen LogP contribution < -0.4 is 4.72 Å². The van der Waals surface area contributed by atoms with Crippen LogP contribution in [0.25, 0.3) is 0 Å². The van der Waals surface area contributed by atoms with E-state index < -0.39 is 31.9 Å². The Hall–Kier alpha value is -1.33. The van der Waals surface area contributed by atoms with Crippen molar-refractivity contribution in [3.8, 4) is 0 Å². The third-order valence-corrected chi connectivity index (χ3v) is 8.38. The van der Waals surface area contributed by atoms with Gasteiger partial charge < -0.3 is 0 Å². The number of thiophene rings is 1. The van der Waals surface area contributed by atoms with E-state index in [0.717, 1.165) is 43.9 Å². The Morgan fingerprint density at radius 3 is 2.26 bits per heavy atom. The van der Waals surface area contributed by atoms with Crippen molar-refractivity contribution in [2.24, 2.45) is 0 Å². The van der Waals surface area contributed by atoms with E-state index in [0.29, 0.717) is 0 Å². The smallest absolute Gasteiger partial charge is 0.212 e. The molecule has 0 unspecified atom stereocenters. The fourth-order valence-electron chi connectivity index (χ4n) is 2.63. The molecule has 10 heteroatoms. The van der Waals surface area contributed by atoms with E-state index in [-0.39, 0.29) is 17.2 Å². The quantitative estimate of drug-likeness (QED) is 0.693. The van der Waals surface area contributed by atoms with Gasteiger partial charge >= 0.3 is 0 Å². The molecule has 1 N–H and O–H groups in total. The summed E-state index contributed by atoms with van der Waals surface area (Å²) in [4.78, 5) is 2.05. The number of nitrogens with zero attached hydrogens (tertiary/aromatic N) is 1. The molecule has 0 fully saturated rings. The number of sulfonamides is 2. The summed E-state index contributed by atoms with van der Waals surface area (Å²) in [6, 6.07) is 5.93. The summed E-state index contributed by atoms with van der Waals surface area (Å²) >= 11 is 1.59. The zero-order chi connectivity index (χ0) is 20.4. The lowest BCUT2D eigenvalue weighted by atomic mass is 10.1. The van der Waals surface area contributed by atoms with Crippen LogP contribution in [0.4, 0.5) is 4.39 Å². The maximum atomic E-state index is 13.0. The average molecular weight is 435 g/mol. The maximum Gasteiger partial charge on any atom is 0.242 e. The number of aryl methyl sites for hydroxylation is 2. The highest BCUT2D eigenvalue weighted by Gasteiger charge is 2.24. The van der Waals surface area contributed by atoms with Crippen LogP contribution >= 0.6 is 11.3 Å². The van der Waals surface area contributed by atoms with E-state index in [4.69, 9.17) is 0 Å². The Morgan fingerprint density at radius 2 is 1.74 bits per heavy atom. The minimum atomic E-state index is -3.89. The number of halogens is 1. The summed E-state index contributed by atoms with van der Waals surface area (Å²) in [6.45, 7) is 5.42. The predicted octanol–water partition coefficient (Wildman–Crippen LogP) is 2.81. The van der Waals surface area contributed by atoms with Gasteiger partial charge in [0.2, 0.25) is 20.0 Å². The Balaban J connectivity index is 2.03. The molecule has 0 spiro atoms. The van der Waals surface area contributed by atoms with Gasteiger partial charge in [0, 0.05) is 29.4 Å². The van der Waals surface area contributed by atoms with Crippen molar-refractivity contribution in [1.29, 1.82) is 0 Å². The van der Waals surface area contributed by atoms with Crippen LogP contribution in [0.15, 0.2) is 35.2 Å². The van der Waals surface area contributed by atoms with E-state index in [1.54, 1.807) is 18.3 Å². The first-order valence-electron chi connectivity index (χ1n) is 8.21. The normalized spacial score (nSPS) is 13.9. The van der Waals surface area contributed by atoms with Crippen LogP contribution in [0.1, 0.15) is 28.3 Å². The molecule has 1 aromatic heterocycles. The molecule has 6 nitrogen and oxygen atoms in total. The third kappa shape index (κ3) is 5.58. The van der Waals surface area contributed by atoms with E-state index in [9.17, 15) is 21.2 Å². The molecule has 2 aromatic rings. The highest BCUT2D eigenvalue weighted by molar-refractivity contribution is 7.90. The van der Waals surface area contributed by atoms with E-state index in [2.05, 4.69) is 4.72 Å². The van der Waals surface area contributed by atoms with Crippen molar-refractivity contribution in [3.63, 3.8) is 0 Å². The summed E-state index contributed by atoms with van der Waals surface area (Å²) in [6.07, 6.45) is 0. The number of hydrogen-bond donors (Lipinski definition) is 1. The standard InChI is InChI=1S/C17H23FN2O4S3/c1-12-11-17(14(3)25-12)13(2)19-26(21,22)10-9-20(4)27(23,24)16-7-5-15(18)6-8-16/h5-8,11,13,19H,9-10H2,1-4H3/t13-/m1/s1. The molecule has 0 amide bonds. The van der Waals surface area contributed by atoms with Gasteiger partial charge in [0.15, 0.2) is 0 Å². The molecule has 0 aliphatic heterocycles. The van der Waals surface area contributed by atoms with Gasteiger partial charge in [-0.3, -0.25) is 0 Å². The summed E-state index contributed by atoms with van der Waals surface area (Å²) in [5.74, 6) is -0.924. The van der Waals surface area contributed by atoms with Gasteiger partial charge in [-0.05, 0) is 56.7 Å². The Morgan fingerprint density at radius 1 is 1.15 bits per heavy atom. The van der Waals surface area contributed by atoms with Crippen molar-refractivity contribution >= 4 is 31.4 Å². The van der Waals surface area contributed by atoms with Gasteiger partial charge in [-0.1, -0.05) is 0 Å². The number of rotatable bonds is 8. The van der Waals surface area contributed by atoms with E-state index >= 15 is 0 Å². The minimum absolute atomic E-state index is 0.0884. The second kappa shape index (κ2) is 8.36. The summed E-state index contributed by atoms with van der Waals surface area (Å²) in [5, 5.41) is 0. The lowest BCUT2D eigenvalue weighted by Gasteiger charge is -2.19. The Bertz CT molecular complexity index is 999. The Kier molecular flexibility index (Phi) is 6.80. The van der Waals surface area contributed by atoms with E-state index in [1.165, 1.54) is 7.05 Å². The molecule has 27 heavy (non-hydrogen) atoms. The average Bonchev–Trinajstić information content (AvgIpc) is 2.91. The lowest BCUT2D eigenvalue weighted by molar-refractivity contribution is 0.482. The van der Waals surface area contributed by atoms with Gasteiger partial charge in [0.1, 0.15) is 5.82 Å². The van der Waals surface area contributed by atoms with Crippen LogP contribution in [0.2, 0.25) is 0 Å². The van der Waals surface area contributed by atoms with E-state index in [1.807, 2.05) is 19.9 Å². The van der Waals surface area contributed by atoms with Gasteiger partial charge in [-0.2, -0.15) is 4.31 Å². The highest BCUT2D eigenvalue weighted by atomic mass is 32.2. The first kappa shape index (κ1) is 22.0. The molecule has 1 heterocycles. The van der Waals surface area contributed by atoms with Gasteiger partial charge in [0.05, 0.1) is 10.6 Å². The molecule has 0 saturated heterocycles. The first-order valence-corrected chi connectivity index (χ1v) is 12.1. The molecule has 1 aromatic carbocycles. The van der Waals surface area contributed by atoms with Crippen LogP contribution in [0.5, 0.6) is 0 Å². The van der Waals surface area contributed by atoms with Crippen molar-refractivity contribution < 1.29 is 21.2 Å². The van der Waals surface area contributed by atoms with Gasteiger partial charge in [-0.25, -0.2) is 25.9 Å². The van der Waals surface area contributed by atoms with Crippen molar-refractivity contribution in [2.75, 3.05) is 19.3 Å². The topological polar surface area (TPSA) is 83.6 Å². The monoisotopic (exact) mass is 434 g/mol. The largest absolute Gasteiger partial charge is 0.242 e. The van der Waals surface area contributed by atoms with Gasteiger partial charge in [-0.15, -0.1) is 11.3 Å². The molecule has 150 valence electrons. The second-order valence-electron chi connectivity index (χ2n) is 6.31. The molecule has 0 saturated carbocycles. The molecule has 1 atom stereocenters. The van der Waals surface area contributed by atoms with Crippen LogP contribution in [0, 0.1) is 19.7 Å². The van der Waals surface area contributed by atoms with Crippen LogP contribution in [0.3, 0.4) is 0 Å². The van der Waals surface area contributed by atoms with Crippen molar-refractivity contribution in [3.05, 3.63) is 51.5 Å². The van der Waals surface area contributed by atoms with Crippen LogP contribution in [-0.2, 0) is 20.0 Å². The predicted molar refractivity (Wildman–Crippen MR) is 105 cm³/mol. The van der Waals surface area contributed by atoms with Gasteiger partial charge in [0.25, 0.3) is 0 Å². The number of benzene rings is 1. The number of hydrogen-bond acceptors (Lipinski definition) is 5. The SMILES string of the molecule is Cc1cc([C@@H](C)NS(=O)(=O)CCN(C)S(=O)(=O)c2ccc(F)cc2)c(C)s1. The fourth-order valence-corrected chi connectivity index (χ4v) is 6.23. The van der Waals surface area contributed by atoms with Crippen molar-refractivity contribution in [1.82, 2.24) is 9.03 Å². The van der Waals surface area contributed by atoms with Crippen LogP contribution in [-0.4, -0.2) is 40.5 Å². The summed E-state index contributed by atoms with van der Waals surface area (Å²) in [7, 11) is -6.28. The molecular formula is C17H23FN2O4S3. The maximum absolute atomic E-state index is 13.0. The molecule has 0 radical (unpaired) electrons. The molecule has 2 rings (SSSR count). The Labute approximate surface area is 164 Å².